The molecule has 0 aliphatic heterocycles. The standard InChI is InChI=1S/C29H26F3N5O2/c30-29(31,32)23-12-5-4-9-20(23)17-35-18-21(16-33-35)24-15-25-26(34-24)27(38)37(22-10-6-11-22)28(39)36(25)14-13-19-7-2-1-3-8-19/h1-5,7-9,12,15-16,18,22,34H,6,10-11,13-14,17H2. The SMILES string of the molecule is O=c1c2[nH]c(-c3cnn(Cc4ccccc4C(F)(F)F)c3)cc2n(CCc2ccccc2)c(=O)n1C1CCC1. The molecular formula is C29H26F3N5O2. The van der Waals surface area contributed by atoms with E-state index < -0.39 is 11.7 Å². The number of H-pyrrole nitrogens is 1. The van der Waals surface area contributed by atoms with Crippen molar-refractivity contribution in [3.8, 4) is 11.3 Å². The molecule has 39 heavy (non-hydrogen) atoms. The third-order valence-corrected chi connectivity index (χ3v) is 7.46. The second-order valence-electron chi connectivity index (χ2n) is 9.95. The van der Waals surface area contributed by atoms with Crippen LogP contribution in [-0.2, 0) is 25.7 Å². The van der Waals surface area contributed by atoms with Crippen LogP contribution >= 0.6 is 0 Å². The van der Waals surface area contributed by atoms with Gasteiger partial charge in [-0.3, -0.25) is 18.6 Å². The van der Waals surface area contributed by atoms with E-state index in [0.29, 0.717) is 35.3 Å². The monoisotopic (exact) mass is 533 g/mol. The predicted octanol–water partition coefficient (Wildman–Crippen LogP) is 5.39. The summed E-state index contributed by atoms with van der Waals surface area (Å²) < 4.78 is 44.8. The van der Waals surface area contributed by atoms with Crippen LogP contribution in [-0.4, -0.2) is 23.9 Å². The minimum atomic E-state index is -4.46. The molecule has 0 spiro atoms. The third-order valence-electron chi connectivity index (χ3n) is 7.46. The Morgan fingerprint density at radius 3 is 2.46 bits per heavy atom. The molecule has 0 radical (unpaired) electrons. The van der Waals surface area contributed by atoms with Crippen LogP contribution in [0.25, 0.3) is 22.3 Å². The summed E-state index contributed by atoms with van der Waals surface area (Å²) in [5.74, 6) is 0. The maximum absolute atomic E-state index is 13.5. The van der Waals surface area contributed by atoms with Gasteiger partial charge in [0.15, 0.2) is 0 Å². The average Bonchev–Trinajstić information content (AvgIpc) is 3.53. The van der Waals surface area contributed by atoms with Crippen molar-refractivity contribution >= 4 is 11.0 Å². The molecule has 0 bridgehead atoms. The number of alkyl halides is 3. The fourth-order valence-electron chi connectivity index (χ4n) is 5.18. The van der Waals surface area contributed by atoms with Gasteiger partial charge in [0.1, 0.15) is 5.52 Å². The van der Waals surface area contributed by atoms with Gasteiger partial charge in [0.25, 0.3) is 5.56 Å². The molecule has 200 valence electrons. The maximum Gasteiger partial charge on any atom is 0.416 e. The number of hydrogen-bond donors (Lipinski definition) is 1. The quantitative estimate of drug-likeness (QED) is 0.305. The van der Waals surface area contributed by atoms with E-state index in [1.54, 1.807) is 22.9 Å². The second-order valence-corrected chi connectivity index (χ2v) is 9.95. The van der Waals surface area contributed by atoms with Gasteiger partial charge in [0, 0.05) is 24.3 Å². The van der Waals surface area contributed by atoms with Crippen molar-refractivity contribution in [3.05, 3.63) is 111 Å². The Morgan fingerprint density at radius 1 is 1.00 bits per heavy atom. The van der Waals surface area contributed by atoms with Crippen molar-refractivity contribution in [1.82, 2.24) is 23.9 Å². The normalized spacial score (nSPS) is 14.1. The number of aromatic nitrogens is 5. The first-order chi connectivity index (χ1) is 18.8. The highest BCUT2D eigenvalue weighted by molar-refractivity contribution is 5.82. The van der Waals surface area contributed by atoms with Gasteiger partial charge in [-0.2, -0.15) is 18.3 Å². The summed E-state index contributed by atoms with van der Waals surface area (Å²) in [6, 6.07) is 16.9. The molecule has 2 aromatic carbocycles. The van der Waals surface area contributed by atoms with E-state index in [0.717, 1.165) is 30.9 Å². The Hall–Kier alpha value is -4.34. The zero-order valence-electron chi connectivity index (χ0n) is 21.0. The van der Waals surface area contributed by atoms with Crippen molar-refractivity contribution in [2.75, 3.05) is 0 Å². The van der Waals surface area contributed by atoms with Gasteiger partial charge in [-0.15, -0.1) is 0 Å². The summed E-state index contributed by atoms with van der Waals surface area (Å²) in [4.78, 5) is 30.1. The van der Waals surface area contributed by atoms with Gasteiger partial charge in [0.2, 0.25) is 0 Å². The Kier molecular flexibility index (Phi) is 6.25. The molecule has 1 aliphatic carbocycles. The molecule has 6 rings (SSSR count). The minimum absolute atomic E-state index is 0.0633. The fourth-order valence-corrected chi connectivity index (χ4v) is 5.18. The molecular weight excluding hydrogens is 507 g/mol. The molecule has 7 nitrogen and oxygen atoms in total. The van der Waals surface area contributed by atoms with Crippen LogP contribution in [0.2, 0.25) is 0 Å². The van der Waals surface area contributed by atoms with Gasteiger partial charge < -0.3 is 4.98 Å². The molecule has 3 aromatic heterocycles. The summed E-state index contributed by atoms with van der Waals surface area (Å²) >= 11 is 0. The number of aromatic amines is 1. The molecule has 1 aliphatic rings. The third kappa shape index (κ3) is 4.71. The van der Waals surface area contributed by atoms with Crippen LogP contribution in [0.5, 0.6) is 0 Å². The van der Waals surface area contributed by atoms with Crippen LogP contribution in [0.15, 0.2) is 82.6 Å². The topological polar surface area (TPSA) is 77.6 Å². The van der Waals surface area contributed by atoms with Crippen LogP contribution < -0.4 is 11.2 Å². The van der Waals surface area contributed by atoms with E-state index in [2.05, 4.69) is 10.1 Å². The average molecular weight is 534 g/mol. The predicted molar refractivity (Wildman–Crippen MR) is 142 cm³/mol. The highest BCUT2D eigenvalue weighted by Gasteiger charge is 2.33. The van der Waals surface area contributed by atoms with Crippen LogP contribution in [0.3, 0.4) is 0 Å². The van der Waals surface area contributed by atoms with Gasteiger partial charge in [-0.05, 0) is 48.9 Å². The van der Waals surface area contributed by atoms with E-state index in [1.165, 1.54) is 27.6 Å². The lowest BCUT2D eigenvalue weighted by Crippen LogP contribution is -2.44. The zero-order valence-corrected chi connectivity index (χ0v) is 21.0. The van der Waals surface area contributed by atoms with Gasteiger partial charge in [-0.25, -0.2) is 4.79 Å². The van der Waals surface area contributed by atoms with Crippen LogP contribution in [0.4, 0.5) is 13.2 Å². The highest BCUT2D eigenvalue weighted by atomic mass is 19.4. The molecule has 10 heteroatoms. The number of hydrogen-bond acceptors (Lipinski definition) is 3. The number of rotatable bonds is 7. The fraction of sp³-hybridized carbons (Fsp3) is 0.276. The molecule has 0 amide bonds. The first kappa shape index (κ1) is 25.0. The Bertz CT molecular complexity index is 1760. The number of fused-ring (bicyclic) bond motifs is 1. The van der Waals surface area contributed by atoms with E-state index >= 15 is 0 Å². The van der Waals surface area contributed by atoms with Crippen molar-refractivity contribution in [3.63, 3.8) is 0 Å². The van der Waals surface area contributed by atoms with E-state index in [1.807, 2.05) is 30.3 Å². The number of halogens is 3. The summed E-state index contributed by atoms with van der Waals surface area (Å²) in [5, 5.41) is 4.27. The summed E-state index contributed by atoms with van der Waals surface area (Å²) in [7, 11) is 0. The number of nitrogens with zero attached hydrogens (tertiary/aromatic N) is 4. The lowest BCUT2D eigenvalue weighted by atomic mass is 9.93. The molecule has 1 N–H and O–H groups in total. The molecule has 1 saturated carbocycles. The summed E-state index contributed by atoms with van der Waals surface area (Å²) in [5.41, 5.74) is 1.81. The Balaban J connectivity index is 1.38. The largest absolute Gasteiger partial charge is 0.416 e. The number of nitrogens with one attached hydrogen (secondary N) is 1. The molecule has 0 unspecified atom stereocenters. The molecule has 3 heterocycles. The zero-order chi connectivity index (χ0) is 27.1. The van der Waals surface area contributed by atoms with Gasteiger partial charge in [0.05, 0.1) is 29.5 Å². The molecule has 0 atom stereocenters. The smallest absolute Gasteiger partial charge is 0.349 e. The Morgan fingerprint density at radius 2 is 1.74 bits per heavy atom. The van der Waals surface area contributed by atoms with Crippen LogP contribution in [0, 0.1) is 0 Å². The summed E-state index contributed by atoms with van der Waals surface area (Å²) in [6.07, 6.45) is 1.89. The van der Waals surface area contributed by atoms with Gasteiger partial charge >= 0.3 is 11.9 Å². The first-order valence-corrected chi connectivity index (χ1v) is 12.9. The molecule has 1 fully saturated rings. The molecule has 5 aromatic rings. The van der Waals surface area contributed by atoms with Crippen molar-refractivity contribution < 1.29 is 13.2 Å². The van der Waals surface area contributed by atoms with Crippen molar-refractivity contribution in [2.24, 2.45) is 0 Å². The van der Waals surface area contributed by atoms with E-state index in [4.69, 9.17) is 0 Å². The van der Waals surface area contributed by atoms with Crippen molar-refractivity contribution in [2.45, 2.75) is 51.0 Å². The highest BCUT2D eigenvalue weighted by Crippen LogP contribution is 2.33. The van der Waals surface area contributed by atoms with Crippen LogP contribution in [0.1, 0.15) is 42.0 Å². The van der Waals surface area contributed by atoms with Gasteiger partial charge in [-0.1, -0.05) is 48.5 Å². The first-order valence-electron chi connectivity index (χ1n) is 12.9. The lowest BCUT2D eigenvalue weighted by Gasteiger charge is -2.27. The summed E-state index contributed by atoms with van der Waals surface area (Å²) in [6.45, 7) is 0.337. The van der Waals surface area contributed by atoms with E-state index in [-0.39, 0.29) is 29.4 Å². The number of aryl methyl sites for hydroxylation is 2. The number of benzene rings is 2. The minimum Gasteiger partial charge on any atom is -0.349 e. The van der Waals surface area contributed by atoms with Crippen molar-refractivity contribution in [1.29, 1.82) is 0 Å². The lowest BCUT2D eigenvalue weighted by molar-refractivity contribution is -0.138. The second kappa shape index (κ2) is 9.76. The maximum atomic E-state index is 13.5. The van der Waals surface area contributed by atoms with E-state index in [9.17, 15) is 22.8 Å². The molecule has 0 saturated heterocycles. The Labute approximate surface area is 221 Å².